The van der Waals surface area contributed by atoms with Crippen LogP contribution >= 0.6 is 0 Å². The van der Waals surface area contributed by atoms with E-state index in [2.05, 4.69) is 5.32 Å². The van der Waals surface area contributed by atoms with E-state index in [4.69, 9.17) is 4.74 Å². The largest absolute Gasteiger partial charge is 0.489 e. The summed E-state index contributed by atoms with van der Waals surface area (Å²) < 4.78 is 18.6. The summed E-state index contributed by atoms with van der Waals surface area (Å²) in [7, 11) is 0. The van der Waals surface area contributed by atoms with Crippen LogP contribution in [0.25, 0.3) is 0 Å². The zero-order chi connectivity index (χ0) is 18.4. The monoisotopic (exact) mass is 352 g/mol. The van der Waals surface area contributed by atoms with Gasteiger partial charge in [0.2, 0.25) is 0 Å². The number of rotatable bonds is 7. The Hall–Kier alpha value is -3.41. The van der Waals surface area contributed by atoms with Crippen LogP contribution in [0, 0.1) is 15.9 Å². The number of hydrogen-bond donors (Lipinski definition) is 1. The minimum Gasteiger partial charge on any atom is -0.489 e. The van der Waals surface area contributed by atoms with Gasteiger partial charge in [-0.3, -0.25) is 10.1 Å². The maximum Gasteiger partial charge on any atom is 0.296 e. The molecule has 0 saturated carbocycles. The fourth-order valence-electron chi connectivity index (χ4n) is 2.44. The van der Waals surface area contributed by atoms with Gasteiger partial charge < -0.3 is 10.1 Å². The summed E-state index contributed by atoms with van der Waals surface area (Å²) in [4.78, 5) is 10.9. The molecule has 0 saturated heterocycles. The third-order valence-electron chi connectivity index (χ3n) is 3.81. The third-order valence-corrected chi connectivity index (χ3v) is 3.81. The molecule has 1 N–H and O–H groups in total. The van der Waals surface area contributed by atoms with Gasteiger partial charge in [0.25, 0.3) is 5.69 Å². The molecule has 5 nitrogen and oxygen atoms in total. The van der Waals surface area contributed by atoms with Crippen LogP contribution in [0.4, 0.5) is 15.8 Å². The number of benzene rings is 3. The van der Waals surface area contributed by atoms with E-state index in [1.165, 1.54) is 18.2 Å². The average molecular weight is 352 g/mol. The number of nitrogens with one attached hydrogen (secondary N) is 1. The van der Waals surface area contributed by atoms with Gasteiger partial charge in [0.1, 0.15) is 23.9 Å². The molecular formula is C20H17FN2O3. The van der Waals surface area contributed by atoms with Crippen LogP contribution < -0.4 is 10.1 Å². The SMILES string of the molecule is O=[N+]([O-])c1cc(OCc2ccccc2)ccc1NCc1ccc(F)cc1. The first-order chi connectivity index (χ1) is 12.6. The van der Waals surface area contributed by atoms with Crippen LogP contribution in [0.15, 0.2) is 72.8 Å². The van der Waals surface area contributed by atoms with Crippen LogP contribution in [-0.4, -0.2) is 4.92 Å². The van der Waals surface area contributed by atoms with Crippen molar-refractivity contribution in [2.75, 3.05) is 5.32 Å². The van der Waals surface area contributed by atoms with Gasteiger partial charge in [-0.2, -0.15) is 0 Å². The summed E-state index contributed by atoms with van der Waals surface area (Å²) in [5.41, 5.74) is 2.11. The fraction of sp³-hybridized carbons (Fsp3) is 0.100. The second-order valence-electron chi connectivity index (χ2n) is 5.69. The molecule has 0 spiro atoms. The quantitative estimate of drug-likeness (QED) is 0.484. The minimum atomic E-state index is -0.456. The lowest BCUT2D eigenvalue weighted by Crippen LogP contribution is -2.03. The molecule has 0 radical (unpaired) electrons. The Morgan fingerprint density at radius 3 is 2.38 bits per heavy atom. The molecule has 26 heavy (non-hydrogen) atoms. The predicted molar refractivity (Wildman–Crippen MR) is 97.6 cm³/mol. The molecule has 0 unspecified atom stereocenters. The van der Waals surface area contributed by atoms with Gasteiger partial charge in [-0.1, -0.05) is 42.5 Å². The van der Waals surface area contributed by atoms with Crippen molar-refractivity contribution in [1.82, 2.24) is 0 Å². The van der Waals surface area contributed by atoms with Gasteiger partial charge in [0.15, 0.2) is 0 Å². The molecule has 0 amide bonds. The first-order valence-electron chi connectivity index (χ1n) is 8.05. The van der Waals surface area contributed by atoms with E-state index in [0.717, 1.165) is 11.1 Å². The first kappa shape index (κ1) is 17.4. The van der Waals surface area contributed by atoms with Crippen LogP contribution in [0.2, 0.25) is 0 Å². The second kappa shape index (κ2) is 8.11. The van der Waals surface area contributed by atoms with Crippen LogP contribution in [0.5, 0.6) is 5.75 Å². The molecule has 0 fully saturated rings. The molecule has 3 rings (SSSR count). The average Bonchev–Trinajstić information content (AvgIpc) is 2.67. The molecule has 132 valence electrons. The van der Waals surface area contributed by atoms with Crippen LogP contribution in [-0.2, 0) is 13.2 Å². The number of nitro benzene ring substituents is 1. The molecule has 0 aromatic heterocycles. The van der Waals surface area contributed by atoms with E-state index in [-0.39, 0.29) is 11.5 Å². The second-order valence-corrected chi connectivity index (χ2v) is 5.69. The first-order valence-corrected chi connectivity index (χ1v) is 8.05. The van der Waals surface area contributed by atoms with E-state index in [1.54, 1.807) is 24.3 Å². The normalized spacial score (nSPS) is 10.3. The predicted octanol–water partition coefficient (Wildman–Crippen LogP) is 4.93. The van der Waals surface area contributed by atoms with Crippen molar-refractivity contribution in [3.05, 3.63) is 99.9 Å². The van der Waals surface area contributed by atoms with Crippen molar-refractivity contribution in [3.8, 4) is 5.75 Å². The van der Waals surface area contributed by atoms with Crippen molar-refractivity contribution in [1.29, 1.82) is 0 Å². The maximum atomic E-state index is 12.9. The Kier molecular flexibility index (Phi) is 5.43. The zero-order valence-electron chi connectivity index (χ0n) is 13.9. The Balaban J connectivity index is 1.70. The summed E-state index contributed by atoms with van der Waals surface area (Å²) in [6, 6.07) is 20.2. The van der Waals surface area contributed by atoms with Crippen molar-refractivity contribution in [3.63, 3.8) is 0 Å². The Morgan fingerprint density at radius 1 is 0.962 bits per heavy atom. The minimum absolute atomic E-state index is 0.0716. The number of nitrogens with zero attached hydrogens (tertiary/aromatic N) is 1. The summed E-state index contributed by atoms with van der Waals surface area (Å²) >= 11 is 0. The topological polar surface area (TPSA) is 64.4 Å². The number of halogens is 1. The van der Waals surface area contributed by atoms with E-state index in [1.807, 2.05) is 30.3 Å². The van der Waals surface area contributed by atoms with Crippen LogP contribution in [0.3, 0.4) is 0 Å². The summed E-state index contributed by atoms with van der Waals surface area (Å²) in [6.07, 6.45) is 0. The molecule has 0 aliphatic heterocycles. The van der Waals surface area contributed by atoms with Crippen molar-refractivity contribution in [2.24, 2.45) is 0 Å². The highest BCUT2D eigenvalue weighted by atomic mass is 19.1. The highest BCUT2D eigenvalue weighted by Crippen LogP contribution is 2.30. The van der Waals surface area contributed by atoms with Gasteiger partial charge >= 0.3 is 0 Å². The highest BCUT2D eigenvalue weighted by molar-refractivity contribution is 5.64. The van der Waals surface area contributed by atoms with Gasteiger partial charge in [0.05, 0.1) is 11.0 Å². The molecule has 0 atom stereocenters. The van der Waals surface area contributed by atoms with Crippen LogP contribution in [0.1, 0.15) is 11.1 Å². The number of hydrogen-bond acceptors (Lipinski definition) is 4. The molecule has 3 aromatic carbocycles. The Bertz CT molecular complexity index is 883. The van der Waals surface area contributed by atoms with Gasteiger partial charge in [-0.05, 0) is 35.4 Å². The molecule has 0 bridgehead atoms. The van der Waals surface area contributed by atoms with Crippen molar-refractivity contribution in [2.45, 2.75) is 13.2 Å². The number of ether oxygens (including phenoxy) is 1. The maximum absolute atomic E-state index is 12.9. The molecule has 3 aromatic rings. The lowest BCUT2D eigenvalue weighted by molar-refractivity contribution is -0.384. The van der Waals surface area contributed by atoms with Gasteiger partial charge in [-0.25, -0.2) is 4.39 Å². The van der Waals surface area contributed by atoms with Gasteiger partial charge in [-0.15, -0.1) is 0 Å². The molecule has 0 aliphatic rings. The molecular weight excluding hydrogens is 335 g/mol. The fourth-order valence-corrected chi connectivity index (χ4v) is 2.44. The van der Waals surface area contributed by atoms with Crippen molar-refractivity contribution >= 4 is 11.4 Å². The number of anilines is 1. The summed E-state index contributed by atoms with van der Waals surface area (Å²) in [5, 5.41) is 14.4. The lowest BCUT2D eigenvalue weighted by Gasteiger charge is -2.10. The summed E-state index contributed by atoms with van der Waals surface area (Å²) in [6.45, 7) is 0.686. The Labute approximate surface area is 150 Å². The van der Waals surface area contributed by atoms with E-state index < -0.39 is 4.92 Å². The standard InChI is InChI=1S/C20H17FN2O3/c21-17-8-6-15(7-9-17)13-22-19-11-10-18(12-20(19)23(24)25)26-14-16-4-2-1-3-5-16/h1-12,22H,13-14H2. The zero-order valence-corrected chi connectivity index (χ0v) is 13.9. The van der Waals surface area contributed by atoms with E-state index in [0.29, 0.717) is 24.6 Å². The summed E-state index contributed by atoms with van der Waals surface area (Å²) in [5.74, 6) is 0.104. The van der Waals surface area contributed by atoms with Gasteiger partial charge in [0, 0.05) is 6.54 Å². The number of nitro groups is 1. The molecule has 0 aliphatic carbocycles. The van der Waals surface area contributed by atoms with Crippen molar-refractivity contribution < 1.29 is 14.1 Å². The smallest absolute Gasteiger partial charge is 0.296 e. The van der Waals surface area contributed by atoms with E-state index >= 15 is 0 Å². The molecule has 0 heterocycles. The lowest BCUT2D eigenvalue weighted by atomic mass is 10.2. The Morgan fingerprint density at radius 2 is 1.69 bits per heavy atom. The highest BCUT2D eigenvalue weighted by Gasteiger charge is 2.15. The molecule has 6 heteroatoms. The third kappa shape index (κ3) is 4.57. The van der Waals surface area contributed by atoms with E-state index in [9.17, 15) is 14.5 Å².